The first kappa shape index (κ1) is 12.4. The first-order valence-electron chi connectivity index (χ1n) is 5.05. The van der Waals surface area contributed by atoms with E-state index in [1.165, 1.54) is 7.11 Å². The highest BCUT2D eigenvalue weighted by Crippen LogP contribution is 2.30. The molecular weight excluding hydrogens is 208 g/mol. The lowest BCUT2D eigenvalue weighted by Crippen LogP contribution is -2.13. The van der Waals surface area contributed by atoms with Crippen LogP contribution in [0.25, 0.3) is 0 Å². The van der Waals surface area contributed by atoms with Gasteiger partial charge < -0.3 is 14.9 Å². The van der Waals surface area contributed by atoms with E-state index >= 15 is 0 Å². The van der Waals surface area contributed by atoms with E-state index in [0.29, 0.717) is 12.2 Å². The van der Waals surface area contributed by atoms with Crippen molar-refractivity contribution >= 4 is 5.97 Å². The number of phenols is 1. The van der Waals surface area contributed by atoms with Crippen molar-refractivity contribution < 1.29 is 19.7 Å². The molecule has 16 heavy (non-hydrogen) atoms. The maximum Gasteiger partial charge on any atom is 0.306 e. The number of hydrogen-bond donors (Lipinski definition) is 2. The fourth-order valence-corrected chi connectivity index (χ4v) is 1.52. The van der Waals surface area contributed by atoms with Crippen molar-refractivity contribution in [3.05, 3.63) is 23.3 Å². The van der Waals surface area contributed by atoms with E-state index in [1.807, 2.05) is 6.92 Å². The van der Waals surface area contributed by atoms with Crippen molar-refractivity contribution in [2.75, 3.05) is 7.11 Å². The summed E-state index contributed by atoms with van der Waals surface area (Å²) in [4.78, 5) is 10.8. The number of carboxylic acids is 1. The quantitative estimate of drug-likeness (QED) is 0.820. The van der Waals surface area contributed by atoms with Gasteiger partial charge in [0.05, 0.1) is 13.0 Å². The van der Waals surface area contributed by atoms with Crippen LogP contribution in [0.4, 0.5) is 0 Å². The predicted molar refractivity (Wildman–Crippen MR) is 59.9 cm³/mol. The van der Waals surface area contributed by atoms with Gasteiger partial charge in [-0.25, -0.2) is 0 Å². The number of carboxylic acid groups (broad SMARTS) is 1. The molecule has 0 aliphatic rings. The smallest absolute Gasteiger partial charge is 0.306 e. The fraction of sp³-hybridized carbons (Fsp3) is 0.417. The highest BCUT2D eigenvalue weighted by molar-refractivity contribution is 5.70. The zero-order chi connectivity index (χ0) is 12.3. The normalized spacial score (nSPS) is 12.2. The molecule has 4 heteroatoms. The molecule has 0 radical (unpaired) electrons. The molecule has 0 aliphatic heterocycles. The number of ether oxygens (including phenoxy) is 1. The van der Waals surface area contributed by atoms with Crippen LogP contribution in [0.3, 0.4) is 0 Å². The van der Waals surface area contributed by atoms with Crippen LogP contribution in [-0.2, 0) is 11.2 Å². The monoisotopic (exact) mass is 224 g/mol. The molecule has 0 spiro atoms. The second-order valence-corrected chi connectivity index (χ2v) is 3.89. The Morgan fingerprint density at radius 3 is 2.62 bits per heavy atom. The van der Waals surface area contributed by atoms with Gasteiger partial charge in [-0.2, -0.15) is 0 Å². The van der Waals surface area contributed by atoms with Crippen LogP contribution >= 0.6 is 0 Å². The topological polar surface area (TPSA) is 66.8 Å². The Balaban J connectivity index is 3.00. The number of hydrogen-bond acceptors (Lipinski definition) is 3. The highest BCUT2D eigenvalue weighted by Gasteiger charge is 2.15. The van der Waals surface area contributed by atoms with Crippen molar-refractivity contribution in [3.8, 4) is 11.5 Å². The van der Waals surface area contributed by atoms with Crippen LogP contribution in [0, 0.1) is 12.8 Å². The average molecular weight is 224 g/mol. The molecule has 1 unspecified atom stereocenters. The van der Waals surface area contributed by atoms with Gasteiger partial charge in [-0.1, -0.05) is 6.92 Å². The molecular formula is C12H16O4. The first-order valence-corrected chi connectivity index (χ1v) is 5.05. The summed E-state index contributed by atoms with van der Waals surface area (Å²) < 4.78 is 4.99. The molecule has 0 aromatic heterocycles. The Kier molecular flexibility index (Phi) is 3.77. The molecule has 1 aromatic rings. The molecule has 4 nitrogen and oxygen atoms in total. The van der Waals surface area contributed by atoms with E-state index in [-0.39, 0.29) is 5.75 Å². The van der Waals surface area contributed by atoms with Gasteiger partial charge in [0, 0.05) is 0 Å². The number of rotatable bonds is 4. The molecule has 2 N–H and O–H groups in total. The van der Waals surface area contributed by atoms with Gasteiger partial charge in [0.15, 0.2) is 11.5 Å². The van der Waals surface area contributed by atoms with E-state index in [9.17, 15) is 9.90 Å². The third kappa shape index (κ3) is 2.66. The van der Waals surface area contributed by atoms with E-state index in [0.717, 1.165) is 11.1 Å². The highest BCUT2D eigenvalue weighted by atomic mass is 16.5. The molecule has 1 rings (SSSR count). The molecule has 0 saturated carbocycles. The Bertz CT molecular complexity index is 398. The van der Waals surface area contributed by atoms with Gasteiger partial charge in [0.2, 0.25) is 0 Å². The Labute approximate surface area is 94.5 Å². The van der Waals surface area contributed by atoms with Gasteiger partial charge in [0.1, 0.15) is 0 Å². The van der Waals surface area contributed by atoms with Crippen LogP contribution in [0.15, 0.2) is 12.1 Å². The van der Waals surface area contributed by atoms with Crippen molar-refractivity contribution in [2.45, 2.75) is 20.3 Å². The van der Waals surface area contributed by atoms with Crippen molar-refractivity contribution in [2.24, 2.45) is 5.92 Å². The minimum Gasteiger partial charge on any atom is -0.504 e. The number of phenolic OH excluding ortho intramolecular Hbond substituents is 1. The van der Waals surface area contributed by atoms with Crippen molar-refractivity contribution in [1.82, 2.24) is 0 Å². The maximum atomic E-state index is 10.8. The summed E-state index contributed by atoms with van der Waals surface area (Å²) in [6, 6.07) is 3.27. The molecule has 0 fully saturated rings. The number of carbonyl (C=O) groups is 1. The lowest BCUT2D eigenvalue weighted by molar-refractivity contribution is -0.141. The second-order valence-electron chi connectivity index (χ2n) is 3.89. The van der Waals surface area contributed by atoms with Crippen LogP contribution < -0.4 is 4.74 Å². The number of benzene rings is 1. The number of aliphatic carboxylic acids is 1. The number of aryl methyl sites for hydroxylation is 1. The summed E-state index contributed by atoms with van der Waals surface area (Å²) in [5, 5.41) is 18.4. The third-order valence-corrected chi connectivity index (χ3v) is 2.59. The van der Waals surface area contributed by atoms with E-state index in [4.69, 9.17) is 9.84 Å². The number of methoxy groups -OCH3 is 1. The molecule has 0 saturated heterocycles. The molecule has 88 valence electrons. The summed E-state index contributed by atoms with van der Waals surface area (Å²) in [6.45, 7) is 3.49. The largest absolute Gasteiger partial charge is 0.504 e. The summed E-state index contributed by atoms with van der Waals surface area (Å²) in [5.74, 6) is -0.829. The fourth-order valence-electron chi connectivity index (χ4n) is 1.52. The molecule has 0 amide bonds. The molecule has 1 aromatic carbocycles. The number of aromatic hydroxyl groups is 1. The van der Waals surface area contributed by atoms with Gasteiger partial charge in [-0.05, 0) is 36.6 Å². The Morgan fingerprint density at radius 2 is 2.12 bits per heavy atom. The minimum absolute atomic E-state index is 0.0757. The molecule has 0 heterocycles. The van der Waals surface area contributed by atoms with Gasteiger partial charge in [-0.15, -0.1) is 0 Å². The van der Waals surface area contributed by atoms with Crippen LogP contribution in [-0.4, -0.2) is 23.3 Å². The van der Waals surface area contributed by atoms with E-state index in [2.05, 4.69) is 0 Å². The lowest BCUT2D eigenvalue weighted by atomic mass is 9.97. The molecule has 0 bridgehead atoms. The third-order valence-electron chi connectivity index (χ3n) is 2.59. The van der Waals surface area contributed by atoms with Crippen molar-refractivity contribution in [3.63, 3.8) is 0 Å². The Morgan fingerprint density at radius 1 is 1.50 bits per heavy atom. The lowest BCUT2D eigenvalue weighted by Gasteiger charge is -2.12. The summed E-state index contributed by atoms with van der Waals surface area (Å²) in [6.07, 6.45) is 0.428. The Hall–Kier alpha value is -1.71. The average Bonchev–Trinajstić information content (AvgIpc) is 2.21. The molecule has 0 aliphatic carbocycles. The second kappa shape index (κ2) is 4.88. The summed E-state index contributed by atoms with van der Waals surface area (Å²) in [5.41, 5.74) is 1.75. The first-order chi connectivity index (χ1) is 7.45. The summed E-state index contributed by atoms with van der Waals surface area (Å²) >= 11 is 0. The van der Waals surface area contributed by atoms with Gasteiger partial charge in [0.25, 0.3) is 0 Å². The van der Waals surface area contributed by atoms with Crippen LogP contribution in [0.2, 0.25) is 0 Å². The van der Waals surface area contributed by atoms with Crippen molar-refractivity contribution in [1.29, 1.82) is 0 Å². The van der Waals surface area contributed by atoms with E-state index < -0.39 is 11.9 Å². The van der Waals surface area contributed by atoms with Gasteiger partial charge >= 0.3 is 5.97 Å². The van der Waals surface area contributed by atoms with Gasteiger partial charge in [-0.3, -0.25) is 4.79 Å². The SMILES string of the molecule is COc1cc(CC(C)C(=O)O)c(C)cc1O. The summed E-state index contributed by atoms with van der Waals surface area (Å²) in [7, 11) is 1.47. The van der Waals surface area contributed by atoms with Crippen LogP contribution in [0.1, 0.15) is 18.1 Å². The zero-order valence-electron chi connectivity index (χ0n) is 9.65. The predicted octanol–water partition coefficient (Wildman–Crippen LogP) is 1.97. The minimum atomic E-state index is -0.827. The van der Waals surface area contributed by atoms with Crippen LogP contribution in [0.5, 0.6) is 11.5 Å². The standard InChI is InChI=1S/C12H16O4/c1-7-5-10(13)11(16-3)6-9(7)4-8(2)12(14)15/h5-6,8,13H,4H2,1-3H3,(H,14,15). The zero-order valence-corrected chi connectivity index (χ0v) is 9.65. The molecule has 1 atom stereocenters. The maximum absolute atomic E-state index is 10.8. The van der Waals surface area contributed by atoms with E-state index in [1.54, 1.807) is 19.1 Å².